The van der Waals surface area contributed by atoms with Crippen LogP contribution in [0, 0.1) is 0 Å². The lowest BCUT2D eigenvalue weighted by Crippen LogP contribution is -2.27. The van der Waals surface area contributed by atoms with E-state index in [4.69, 9.17) is 18.9 Å². The second-order valence-electron chi connectivity index (χ2n) is 6.91. The molecular weight excluding hydrogens is 356 g/mol. The van der Waals surface area contributed by atoms with Gasteiger partial charge in [0, 0.05) is 0 Å². The van der Waals surface area contributed by atoms with Gasteiger partial charge in [-0.3, -0.25) is 4.79 Å². The van der Waals surface area contributed by atoms with Crippen molar-refractivity contribution in [2.45, 2.75) is 19.4 Å². The number of fused-ring (bicyclic) bond motifs is 1. The van der Waals surface area contributed by atoms with Crippen LogP contribution in [0.2, 0.25) is 0 Å². The molecule has 0 unspecified atom stereocenters. The molecule has 146 valence electrons. The van der Waals surface area contributed by atoms with E-state index >= 15 is 0 Å². The summed E-state index contributed by atoms with van der Waals surface area (Å²) in [5.74, 6) is 2.29. The highest BCUT2D eigenvalue weighted by Gasteiger charge is 2.26. The molecule has 0 aliphatic carbocycles. The van der Waals surface area contributed by atoms with Crippen LogP contribution in [-0.2, 0) is 0 Å². The van der Waals surface area contributed by atoms with Crippen molar-refractivity contribution in [3.05, 3.63) is 59.2 Å². The summed E-state index contributed by atoms with van der Waals surface area (Å²) in [6, 6.07) is 9.00. The van der Waals surface area contributed by atoms with Gasteiger partial charge in [-0.15, -0.1) is 0 Å². The number of carbonyl (C=O) groups is 1. The number of benzene rings is 2. The normalized spacial score (nSPS) is 14.3. The molecule has 3 rings (SSSR count). The minimum atomic E-state index is -0.392. The van der Waals surface area contributed by atoms with E-state index in [0.29, 0.717) is 28.6 Å². The first kappa shape index (κ1) is 19.5. The highest BCUT2D eigenvalue weighted by molar-refractivity contribution is 6.09. The Labute approximate surface area is 165 Å². The van der Waals surface area contributed by atoms with E-state index in [-0.39, 0.29) is 5.78 Å². The molecule has 0 amide bonds. The Morgan fingerprint density at radius 3 is 2.43 bits per heavy atom. The molecule has 0 atom stereocenters. The van der Waals surface area contributed by atoms with Crippen molar-refractivity contribution < 1.29 is 23.7 Å². The average molecular weight is 380 g/mol. The maximum atomic E-state index is 12.8. The molecule has 0 N–H and O–H groups in total. The van der Waals surface area contributed by atoms with E-state index in [2.05, 4.69) is 0 Å². The average Bonchev–Trinajstić information content (AvgIpc) is 2.69. The summed E-state index contributed by atoms with van der Waals surface area (Å²) in [4.78, 5) is 12.8. The fourth-order valence-electron chi connectivity index (χ4n) is 3.06. The number of rotatable bonds is 6. The fourth-order valence-corrected chi connectivity index (χ4v) is 3.06. The zero-order valence-corrected chi connectivity index (χ0v) is 16.7. The summed E-state index contributed by atoms with van der Waals surface area (Å²) < 4.78 is 22.0. The quantitative estimate of drug-likeness (QED) is 0.533. The molecule has 1 aliphatic heterocycles. The molecular formula is C23H24O5. The predicted molar refractivity (Wildman–Crippen MR) is 110 cm³/mol. The first-order valence-corrected chi connectivity index (χ1v) is 8.92. The molecule has 0 radical (unpaired) electrons. The molecule has 0 saturated heterocycles. The molecule has 2 aromatic rings. The van der Waals surface area contributed by atoms with Crippen LogP contribution in [0.15, 0.2) is 42.5 Å². The molecule has 0 saturated carbocycles. The van der Waals surface area contributed by atoms with Gasteiger partial charge in [0.1, 0.15) is 17.1 Å². The Balaban J connectivity index is 1.90. The number of hydrogen-bond acceptors (Lipinski definition) is 5. The first-order chi connectivity index (χ1) is 13.4. The Kier molecular flexibility index (Phi) is 5.45. The van der Waals surface area contributed by atoms with E-state index in [1.165, 1.54) is 6.08 Å². The lowest BCUT2D eigenvalue weighted by Gasteiger charge is -2.29. The van der Waals surface area contributed by atoms with Crippen molar-refractivity contribution in [3.63, 3.8) is 0 Å². The minimum absolute atomic E-state index is 0.160. The van der Waals surface area contributed by atoms with Crippen LogP contribution in [0.5, 0.6) is 23.0 Å². The smallest absolute Gasteiger partial charge is 0.189 e. The maximum absolute atomic E-state index is 12.8. The Hall–Kier alpha value is -3.21. The van der Waals surface area contributed by atoms with Crippen LogP contribution in [0.1, 0.15) is 35.3 Å². The maximum Gasteiger partial charge on any atom is 0.189 e. The van der Waals surface area contributed by atoms with Crippen molar-refractivity contribution in [1.29, 1.82) is 0 Å². The van der Waals surface area contributed by atoms with Crippen LogP contribution in [0.3, 0.4) is 0 Å². The van der Waals surface area contributed by atoms with Gasteiger partial charge in [-0.25, -0.2) is 0 Å². The summed E-state index contributed by atoms with van der Waals surface area (Å²) in [7, 11) is 4.71. The van der Waals surface area contributed by atoms with Gasteiger partial charge in [0.05, 0.1) is 32.5 Å². The van der Waals surface area contributed by atoms with Crippen molar-refractivity contribution in [1.82, 2.24) is 0 Å². The van der Waals surface area contributed by atoms with E-state index in [0.717, 1.165) is 11.1 Å². The molecule has 28 heavy (non-hydrogen) atoms. The Morgan fingerprint density at radius 2 is 1.75 bits per heavy atom. The third-order valence-corrected chi connectivity index (χ3v) is 4.48. The molecule has 0 bridgehead atoms. The minimum Gasteiger partial charge on any atom is -0.495 e. The van der Waals surface area contributed by atoms with E-state index < -0.39 is 5.60 Å². The third kappa shape index (κ3) is 3.88. The molecule has 0 aromatic heterocycles. The third-order valence-electron chi connectivity index (χ3n) is 4.48. The summed E-state index contributed by atoms with van der Waals surface area (Å²) >= 11 is 0. The summed E-state index contributed by atoms with van der Waals surface area (Å²) in [6.45, 7) is 3.95. The summed E-state index contributed by atoms with van der Waals surface area (Å²) in [6.07, 6.45) is 7.14. The van der Waals surface area contributed by atoms with Gasteiger partial charge < -0.3 is 18.9 Å². The van der Waals surface area contributed by atoms with Gasteiger partial charge in [0.15, 0.2) is 17.3 Å². The molecule has 5 nitrogen and oxygen atoms in total. The van der Waals surface area contributed by atoms with E-state index in [1.807, 2.05) is 38.1 Å². The second-order valence-corrected chi connectivity index (χ2v) is 6.91. The molecule has 1 heterocycles. The highest BCUT2D eigenvalue weighted by Crippen LogP contribution is 2.39. The topological polar surface area (TPSA) is 54.0 Å². The van der Waals surface area contributed by atoms with Crippen molar-refractivity contribution in [2.75, 3.05) is 21.3 Å². The number of ketones is 1. The number of hydrogen-bond donors (Lipinski definition) is 0. The van der Waals surface area contributed by atoms with E-state index in [9.17, 15) is 4.79 Å². The molecule has 0 fully saturated rings. The van der Waals surface area contributed by atoms with Gasteiger partial charge in [-0.05, 0) is 61.9 Å². The van der Waals surface area contributed by atoms with Gasteiger partial charge in [-0.1, -0.05) is 12.1 Å². The summed E-state index contributed by atoms with van der Waals surface area (Å²) in [5, 5.41) is 0. The van der Waals surface area contributed by atoms with Crippen molar-refractivity contribution in [3.8, 4) is 23.0 Å². The standard InChI is InChI=1S/C23H24O5/c1-23(2)13-12-17-19(28-23)11-8-16(22(17)27-5)18(24)9-6-15-7-10-20(25-3)21(14-15)26-4/h6-14H,1-5H3. The van der Waals surface area contributed by atoms with Crippen molar-refractivity contribution >= 4 is 17.9 Å². The van der Waals surface area contributed by atoms with Crippen LogP contribution < -0.4 is 18.9 Å². The van der Waals surface area contributed by atoms with Crippen LogP contribution in [0.4, 0.5) is 0 Å². The highest BCUT2D eigenvalue weighted by atomic mass is 16.5. The zero-order chi connectivity index (χ0) is 20.3. The predicted octanol–water partition coefficient (Wildman–Crippen LogP) is 4.79. The number of methoxy groups -OCH3 is 3. The monoisotopic (exact) mass is 380 g/mol. The van der Waals surface area contributed by atoms with Crippen LogP contribution >= 0.6 is 0 Å². The van der Waals surface area contributed by atoms with E-state index in [1.54, 1.807) is 45.6 Å². The Morgan fingerprint density at radius 1 is 1.00 bits per heavy atom. The van der Waals surface area contributed by atoms with Gasteiger partial charge in [0.2, 0.25) is 0 Å². The number of ether oxygens (including phenoxy) is 4. The first-order valence-electron chi connectivity index (χ1n) is 8.92. The molecule has 0 spiro atoms. The largest absolute Gasteiger partial charge is 0.495 e. The van der Waals surface area contributed by atoms with Gasteiger partial charge in [-0.2, -0.15) is 0 Å². The van der Waals surface area contributed by atoms with Gasteiger partial charge in [0.25, 0.3) is 0 Å². The second kappa shape index (κ2) is 7.80. The molecule has 2 aromatic carbocycles. The van der Waals surface area contributed by atoms with Crippen LogP contribution in [-0.4, -0.2) is 32.7 Å². The van der Waals surface area contributed by atoms with Gasteiger partial charge >= 0.3 is 0 Å². The fraction of sp³-hybridized carbons (Fsp3) is 0.261. The number of allylic oxidation sites excluding steroid dienone is 1. The lowest BCUT2D eigenvalue weighted by atomic mass is 9.98. The zero-order valence-electron chi connectivity index (χ0n) is 16.7. The molecule has 1 aliphatic rings. The lowest BCUT2D eigenvalue weighted by molar-refractivity contribution is 0.104. The number of carbonyl (C=O) groups excluding carboxylic acids is 1. The summed E-state index contributed by atoms with van der Waals surface area (Å²) in [5.41, 5.74) is 1.68. The van der Waals surface area contributed by atoms with Crippen molar-refractivity contribution in [2.24, 2.45) is 0 Å². The molecule has 5 heteroatoms. The van der Waals surface area contributed by atoms with Crippen LogP contribution in [0.25, 0.3) is 12.2 Å². The Bertz CT molecular complexity index is 954. The SMILES string of the molecule is COc1ccc(C=CC(=O)c2ccc3c(c2OC)C=CC(C)(C)O3)cc1OC.